The minimum Gasteiger partial charge on any atom is -0.456 e. The van der Waals surface area contributed by atoms with E-state index in [1.54, 1.807) is 11.3 Å². The van der Waals surface area contributed by atoms with Crippen LogP contribution in [0.1, 0.15) is 0 Å². The van der Waals surface area contributed by atoms with Crippen LogP contribution < -0.4 is 0 Å². The topological polar surface area (TPSA) is 74.6 Å². The summed E-state index contributed by atoms with van der Waals surface area (Å²) in [5, 5.41) is 7.59. The molecule has 13 aromatic rings. The SMILES string of the molecule is c1ccc(-c2nc(-c3ccc4oc5ccccc5c4c3)nc(-n3c4ccccc4c4ccc5c6ccccc6n(-c6cccc(-c7nc8ccccc8s7)c6)c5c43)n2)cc1. The zero-order valence-corrected chi connectivity index (χ0v) is 32.6. The third-order valence-electron chi connectivity index (χ3n) is 11.6. The minimum atomic E-state index is 0.537. The van der Waals surface area contributed by atoms with Crippen molar-refractivity contribution in [2.45, 2.75) is 0 Å². The first kappa shape index (κ1) is 33.1. The van der Waals surface area contributed by atoms with Crippen LogP contribution in [-0.2, 0) is 0 Å². The molecule has 0 radical (unpaired) electrons. The summed E-state index contributed by atoms with van der Waals surface area (Å²) in [6.07, 6.45) is 0. The number of thiazole rings is 1. The van der Waals surface area contributed by atoms with Crippen LogP contribution in [0.2, 0.25) is 0 Å². The van der Waals surface area contributed by atoms with Crippen LogP contribution in [0, 0.1) is 0 Å². The molecule has 8 aromatic carbocycles. The van der Waals surface area contributed by atoms with Gasteiger partial charge in [0.05, 0.1) is 32.3 Å². The van der Waals surface area contributed by atoms with Crippen LogP contribution in [0.4, 0.5) is 0 Å². The van der Waals surface area contributed by atoms with E-state index >= 15 is 0 Å². The van der Waals surface area contributed by atoms with E-state index in [9.17, 15) is 0 Å². The van der Waals surface area contributed by atoms with Crippen LogP contribution in [0.3, 0.4) is 0 Å². The molecule has 0 bridgehead atoms. The maximum Gasteiger partial charge on any atom is 0.238 e. The molecule has 0 amide bonds. The van der Waals surface area contributed by atoms with Crippen molar-refractivity contribution in [3.63, 3.8) is 0 Å². The fourth-order valence-electron chi connectivity index (χ4n) is 8.93. The second kappa shape index (κ2) is 12.8. The van der Waals surface area contributed by atoms with E-state index in [1.807, 2.05) is 54.6 Å². The fraction of sp³-hybridized carbons (Fsp3) is 0. The van der Waals surface area contributed by atoms with E-state index in [0.29, 0.717) is 17.6 Å². The summed E-state index contributed by atoms with van der Waals surface area (Å²) in [5.74, 6) is 1.71. The summed E-state index contributed by atoms with van der Waals surface area (Å²) in [4.78, 5) is 20.9. The number of furan rings is 1. The third-order valence-corrected chi connectivity index (χ3v) is 12.7. The largest absolute Gasteiger partial charge is 0.456 e. The molecule has 0 aliphatic rings. The molecule has 5 heterocycles. The number of para-hydroxylation sites is 4. The Kier molecular flexibility index (Phi) is 7.05. The molecule has 0 fully saturated rings. The van der Waals surface area contributed by atoms with Crippen LogP contribution in [0.5, 0.6) is 0 Å². The smallest absolute Gasteiger partial charge is 0.238 e. The molecule has 0 saturated carbocycles. The summed E-state index contributed by atoms with van der Waals surface area (Å²) in [7, 11) is 0. The Morgan fingerprint density at radius 3 is 1.83 bits per heavy atom. The molecule has 8 heteroatoms. The Hall–Kier alpha value is -7.94. The van der Waals surface area contributed by atoms with Gasteiger partial charge in [0.1, 0.15) is 16.2 Å². The zero-order valence-electron chi connectivity index (χ0n) is 31.8. The summed E-state index contributed by atoms with van der Waals surface area (Å²) in [6.45, 7) is 0. The highest BCUT2D eigenvalue weighted by Gasteiger charge is 2.24. The Balaban J connectivity index is 1.12. The molecule has 5 aromatic heterocycles. The Labute approximate surface area is 346 Å². The molecule has 0 spiro atoms. The molecule has 280 valence electrons. The number of hydrogen-bond acceptors (Lipinski definition) is 6. The van der Waals surface area contributed by atoms with E-state index in [0.717, 1.165) is 93.1 Å². The van der Waals surface area contributed by atoms with E-state index in [1.165, 1.54) is 10.1 Å². The number of hydrogen-bond donors (Lipinski definition) is 0. The van der Waals surface area contributed by atoms with Gasteiger partial charge in [-0.15, -0.1) is 11.3 Å². The third kappa shape index (κ3) is 4.95. The number of rotatable bonds is 5. The van der Waals surface area contributed by atoms with Crippen LogP contribution in [-0.4, -0.2) is 29.1 Å². The van der Waals surface area contributed by atoms with Crippen molar-refractivity contribution in [2.24, 2.45) is 0 Å². The number of aromatic nitrogens is 6. The number of nitrogens with zero attached hydrogens (tertiary/aromatic N) is 6. The maximum absolute atomic E-state index is 6.21. The maximum atomic E-state index is 6.21. The van der Waals surface area contributed by atoms with Gasteiger partial charge in [-0.25, -0.2) is 9.97 Å². The molecule has 7 nitrogen and oxygen atoms in total. The van der Waals surface area contributed by atoms with E-state index in [4.69, 9.17) is 24.4 Å². The second-order valence-corrected chi connectivity index (χ2v) is 16.1. The average molecular weight is 787 g/mol. The van der Waals surface area contributed by atoms with Crippen molar-refractivity contribution in [3.05, 3.63) is 182 Å². The Morgan fingerprint density at radius 2 is 1.03 bits per heavy atom. The van der Waals surface area contributed by atoms with Crippen molar-refractivity contribution in [2.75, 3.05) is 0 Å². The zero-order chi connectivity index (χ0) is 39.3. The molecule has 0 aliphatic heterocycles. The lowest BCUT2D eigenvalue weighted by molar-refractivity contribution is 0.669. The van der Waals surface area contributed by atoms with Gasteiger partial charge in [-0.1, -0.05) is 121 Å². The molecule has 13 rings (SSSR count). The van der Waals surface area contributed by atoms with Gasteiger partial charge in [0.15, 0.2) is 11.6 Å². The molecule has 0 aliphatic carbocycles. The highest BCUT2D eigenvalue weighted by Crippen LogP contribution is 2.42. The van der Waals surface area contributed by atoms with Crippen LogP contribution in [0.15, 0.2) is 186 Å². The van der Waals surface area contributed by atoms with Gasteiger partial charge in [0, 0.05) is 54.7 Å². The van der Waals surface area contributed by atoms with E-state index < -0.39 is 0 Å². The van der Waals surface area contributed by atoms with Crippen molar-refractivity contribution >= 4 is 87.1 Å². The first-order valence-corrected chi connectivity index (χ1v) is 20.7. The first-order chi connectivity index (χ1) is 29.7. The lowest BCUT2D eigenvalue weighted by atomic mass is 10.1. The summed E-state index contributed by atoms with van der Waals surface area (Å²) in [6, 6.07) is 63.3. The Bertz CT molecular complexity index is 3820. The monoisotopic (exact) mass is 786 g/mol. The molecule has 60 heavy (non-hydrogen) atoms. The van der Waals surface area contributed by atoms with Gasteiger partial charge in [-0.05, 0) is 60.7 Å². The quantitative estimate of drug-likeness (QED) is 0.174. The van der Waals surface area contributed by atoms with E-state index in [-0.39, 0.29) is 0 Å². The average Bonchev–Trinajstić information content (AvgIpc) is 4.08. The molecule has 0 unspecified atom stereocenters. The van der Waals surface area contributed by atoms with Crippen molar-refractivity contribution in [1.29, 1.82) is 0 Å². The normalized spacial score (nSPS) is 12.0. The van der Waals surface area contributed by atoms with Gasteiger partial charge in [-0.2, -0.15) is 9.97 Å². The predicted octanol–water partition coefficient (Wildman–Crippen LogP) is 13.6. The Morgan fingerprint density at radius 1 is 0.400 bits per heavy atom. The lowest BCUT2D eigenvalue weighted by Crippen LogP contribution is -2.07. The van der Waals surface area contributed by atoms with E-state index in [2.05, 4.69) is 137 Å². The van der Waals surface area contributed by atoms with Crippen molar-refractivity contribution in [3.8, 4) is 45.0 Å². The van der Waals surface area contributed by atoms with Crippen LogP contribution >= 0.6 is 11.3 Å². The second-order valence-electron chi connectivity index (χ2n) is 15.1. The van der Waals surface area contributed by atoms with Crippen molar-refractivity contribution in [1.82, 2.24) is 29.1 Å². The highest BCUT2D eigenvalue weighted by molar-refractivity contribution is 7.21. The number of fused-ring (bicyclic) bond motifs is 11. The fourth-order valence-corrected chi connectivity index (χ4v) is 9.89. The molecule has 0 atom stereocenters. The summed E-state index contributed by atoms with van der Waals surface area (Å²) in [5.41, 5.74) is 10.8. The highest BCUT2D eigenvalue weighted by atomic mass is 32.1. The van der Waals surface area contributed by atoms with Gasteiger partial charge in [0.25, 0.3) is 0 Å². The van der Waals surface area contributed by atoms with Gasteiger partial charge in [0.2, 0.25) is 5.95 Å². The molecular weight excluding hydrogens is 757 g/mol. The van der Waals surface area contributed by atoms with Gasteiger partial charge < -0.3 is 8.98 Å². The van der Waals surface area contributed by atoms with Crippen LogP contribution in [0.25, 0.3) is 121 Å². The standard InChI is InChI=1S/C52H30N6OS/c1-2-13-31(14-3-1)49-54-50(32-25-28-45-40(30-32)37-19-6-10-23-44(37)59-45)56-52(55-49)58-43-22-9-5-18-36(43)39-27-26-38-35-17-4-8-21-42(35)57(47(38)48(39)58)34-16-12-15-33(29-34)51-53-41-20-7-11-24-46(41)60-51/h1-30H. The number of benzene rings is 8. The molecular formula is C52H30N6OS. The summed E-state index contributed by atoms with van der Waals surface area (Å²) >= 11 is 1.72. The lowest BCUT2D eigenvalue weighted by Gasteiger charge is -2.13. The first-order valence-electron chi connectivity index (χ1n) is 19.9. The van der Waals surface area contributed by atoms with Gasteiger partial charge >= 0.3 is 0 Å². The molecule has 0 N–H and O–H groups in total. The minimum absolute atomic E-state index is 0.537. The van der Waals surface area contributed by atoms with Gasteiger partial charge in [-0.3, -0.25) is 4.57 Å². The molecule has 0 saturated heterocycles. The van der Waals surface area contributed by atoms with Crippen molar-refractivity contribution < 1.29 is 4.42 Å². The summed E-state index contributed by atoms with van der Waals surface area (Å²) < 4.78 is 12.0. The predicted molar refractivity (Wildman–Crippen MR) is 245 cm³/mol.